The Morgan fingerprint density at radius 1 is 1.10 bits per heavy atom. The fourth-order valence-corrected chi connectivity index (χ4v) is 7.10. The third kappa shape index (κ3) is 5.80. The molecule has 0 unspecified atom stereocenters. The van der Waals surface area contributed by atoms with Gasteiger partial charge in [-0.25, -0.2) is 35.3 Å². The molecule has 0 radical (unpaired) electrons. The van der Waals surface area contributed by atoms with Gasteiger partial charge in [0.05, 0.1) is 5.75 Å². The number of amides is 2. The van der Waals surface area contributed by atoms with Gasteiger partial charge in [-0.05, 0) is 49.2 Å². The number of halogens is 5. The summed E-state index contributed by atoms with van der Waals surface area (Å²) in [5.74, 6) is -7.86. The van der Waals surface area contributed by atoms with Gasteiger partial charge in [0, 0.05) is 47.4 Å². The summed E-state index contributed by atoms with van der Waals surface area (Å²) in [6, 6.07) is 7.55. The number of hydrogen-bond donors (Lipinski definition) is 1. The molecular weight excluding hydrogens is 600 g/mol. The molecule has 1 saturated heterocycles. The Morgan fingerprint density at radius 2 is 1.81 bits per heavy atom. The Bertz CT molecular complexity index is 1650. The second kappa shape index (κ2) is 11.2. The first kappa shape index (κ1) is 29.8. The number of hydrogen-bond acceptors (Lipinski definition) is 5. The molecule has 2 atom stereocenters. The molecule has 2 fully saturated rings. The van der Waals surface area contributed by atoms with Gasteiger partial charge in [-0.1, -0.05) is 29.8 Å². The number of rotatable bonds is 7. The minimum Gasteiger partial charge on any atom is -0.351 e. The first-order valence-electron chi connectivity index (χ1n) is 12.9. The van der Waals surface area contributed by atoms with Crippen molar-refractivity contribution in [3.63, 3.8) is 0 Å². The molecule has 2 amide bonds. The Morgan fingerprint density at radius 3 is 2.45 bits per heavy atom. The average Bonchev–Trinajstić information content (AvgIpc) is 3.23. The third-order valence-electron chi connectivity index (χ3n) is 7.21. The minimum atomic E-state index is -4.05. The number of carbonyl (C=O) groups excluding carboxylic acids is 2. The summed E-state index contributed by atoms with van der Waals surface area (Å²) in [5.41, 5.74) is 0.442. The highest BCUT2D eigenvalue weighted by atomic mass is 35.5. The number of sulfonamides is 1. The highest BCUT2D eigenvalue weighted by Gasteiger charge is 2.49. The molecule has 0 spiro atoms. The average molecular weight is 625 g/mol. The highest BCUT2D eigenvalue weighted by molar-refractivity contribution is 7.93. The molecule has 14 heteroatoms. The first-order valence-corrected chi connectivity index (χ1v) is 14.9. The number of aryl methyl sites for hydroxylation is 1. The Labute approximate surface area is 244 Å². The third-order valence-corrected chi connectivity index (χ3v) is 9.34. The summed E-state index contributed by atoms with van der Waals surface area (Å²) in [5, 5.41) is 2.52. The molecule has 5 rings (SSSR count). The molecule has 1 aliphatic heterocycles. The zero-order valence-corrected chi connectivity index (χ0v) is 23.7. The number of nitrogens with zero attached hydrogens (tertiary/aromatic N) is 3. The second-order valence-corrected chi connectivity index (χ2v) is 12.7. The number of pyridine rings is 1. The molecule has 2 aliphatic rings. The van der Waals surface area contributed by atoms with Crippen LogP contribution in [-0.2, 0) is 19.6 Å². The van der Waals surface area contributed by atoms with Crippen LogP contribution in [0.25, 0.3) is 0 Å². The molecule has 222 valence electrons. The van der Waals surface area contributed by atoms with E-state index in [1.165, 1.54) is 30.5 Å². The van der Waals surface area contributed by atoms with Crippen molar-refractivity contribution in [1.29, 1.82) is 0 Å². The number of aromatic nitrogens is 1. The lowest BCUT2D eigenvalue weighted by molar-refractivity contribution is -0.133. The molecule has 8 nitrogen and oxygen atoms in total. The second-order valence-electron chi connectivity index (χ2n) is 10.3. The van der Waals surface area contributed by atoms with E-state index in [1.807, 2.05) is 0 Å². The maximum Gasteiger partial charge on any atom is 0.252 e. The molecule has 3 aromatic rings. The van der Waals surface area contributed by atoms with Gasteiger partial charge in [-0.15, -0.1) is 0 Å². The number of carbonyl (C=O) groups is 2. The largest absolute Gasteiger partial charge is 0.351 e. The van der Waals surface area contributed by atoms with Crippen molar-refractivity contribution in [3.8, 4) is 0 Å². The van der Waals surface area contributed by atoms with Gasteiger partial charge in [-0.3, -0.25) is 14.5 Å². The molecule has 42 heavy (non-hydrogen) atoms. The zero-order chi connectivity index (χ0) is 30.4. The van der Waals surface area contributed by atoms with Crippen LogP contribution in [-0.4, -0.2) is 49.0 Å². The van der Waals surface area contributed by atoms with Crippen LogP contribution in [0.5, 0.6) is 0 Å². The monoisotopic (exact) mass is 624 g/mol. The molecule has 1 aliphatic carbocycles. The lowest BCUT2D eigenvalue weighted by Gasteiger charge is -2.39. The van der Waals surface area contributed by atoms with Gasteiger partial charge in [0.1, 0.15) is 17.9 Å². The van der Waals surface area contributed by atoms with Crippen LogP contribution < -0.4 is 14.5 Å². The van der Waals surface area contributed by atoms with E-state index in [1.54, 1.807) is 19.1 Å². The van der Waals surface area contributed by atoms with Crippen molar-refractivity contribution >= 4 is 44.9 Å². The van der Waals surface area contributed by atoms with E-state index in [9.17, 15) is 35.6 Å². The normalized spacial score (nSPS) is 20.0. The van der Waals surface area contributed by atoms with Crippen molar-refractivity contribution in [1.82, 2.24) is 10.3 Å². The van der Waals surface area contributed by atoms with Crippen molar-refractivity contribution < 1.29 is 35.6 Å². The van der Waals surface area contributed by atoms with Crippen LogP contribution in [0.4, 0.5) is 29.1 Å². The molecule has 2 aromatic carbocycles. The maximum atomic E-state index is 14.6. The number of anilines is 2. The molecule has 2 heterocycles. The zero-order valence-electron chi connectivity index (χ0n) is 22.1. The summed E-state index contributed by atoms with van der Waals surface area (Å²) in [6.07, 6.45) is -0.0776. The van der Waals surface area contributed by atoms with Gasteiger partial charge >= 0.3 is 0 Å². The Balaban J connectivity index is 1.65. The standard InChI is InChI=1S/C28H25ClF4N4O4S/c1-16-8-10-34-24(12-16)37-23(9-11-42(37,40)41)27(39)36(18-6-7-21(30)22(31)13-18)25(19-4-2-3-5-20(19)29)26(38)35-17-14-28(32,33)15-17/h2-8,10,12-13,17,23,25H,9,11,14-15H2,1H3,(H,35,38)/t23-,25+/m0/s1. The van der Waals surface area contributed by atoms with Crippen LogP contribution in [0.2, 0.25) is 5.02 Å². The SMILES string of the molecule is Cc1ccnc(N2[C@H](C(=O)N(c3ccc(F)c(F)c3)[C@@H](C(=O)NC3CC(F)(F)C3)c3ccccc3Cl)CCS2(=O)=O)c1. The predicted octanol–water partition coefficient (Wildman–Crippen LogP) is 4.92. The van der Waals surface area contributed by atoms with Gasteiger partial charge in [0.25, 0.3) is 11.8 Å². The molecule has 1 N–H and O–H groups in total. The molecular formula is C28H25ClF4N4O4S. The van der Waals surface area contributed by atoms with Crippen LogP contribution >= 0.6 is 11.6 Å². The van der Waals surface area contributed by atoms with Crippen LogP contribution in [0, 0.1) is 18.6 Å². The Kier molecular flexibility index (Phi) is 7.92. The topological polar surface area (TPSA) is 99.7 Å². The predicted molar refractivity (Wildman–Crippen MR) is 148 cm³/mol. The first-order chi connectivity index (χ1) is 19.8. The summed E-state index contributed by atoms with van der Waals surface area (Å²) in [7, 11) is -4.05. The fraction of sp³-hybridized carbons (Fsp3) is 0.321. The van der Waals surface area contributed by atoms with E-state index in [0.29, 0.717) is 11.6 Å². The van der Waals surface area contributed by atoms with Gasteiger partial charge < -0.3 is 5.32 Å². The van der Waals surface area contributed by atoms with Crippen molar-refractivity contribution in [2.24, 2.45) is 0 Å². The Hall–Kier alpha value is -3.71. The van der Waals surface area contributed by atoms with E-state index in [4.69, 9.17) is 11.6 Å². The fourth-order valence-electron chi connectivity index (χ4n) is 5.17. The van der Waals surface area contributed by atoms with Gasteiger partial charge in [0.2, 0.25) is 15.9 Å². The summed E-state index contributed by atoms with van der Waals surface area (Å²) < 4.78 is 82.9. The smallest absolute Gasteiger partial charge is 0.252 e. The van der Waals surface area contributed by atoms with E-state index in [-0.39, 0.29) is 28.5 Å². The quantitative estimate of drug-likeness (QED) is 0.377. The summed E-state index contributed by atoms with van der Waals surface area (Å²) in [4.78, 5) is 33.2. The lowest BCUT2D eigenvalue weighted by Crippen LogP contribution is -2.56. The van der Waals surface area contributed by atoms with Gasteiger partial charge in [-0.2, -0.15) is 0 Å². The van der Waals surface area contributed by atoms with Crippen LogP contribution in [0.3, 0.4) is 0 Å². The molecule has 1 saturated carbocycles. The molecule has 1 aromatic heterocycles. The van der Waals surface area contributed by atoms with E-state index >= 15 is 0 Å². The van der Waals surface area contributed by atoms with E-state index < -0.39 is 76.1 Å². The number of nitrogens with one attached hydrogen (secondary N) is 1. The number of benzene rings is 2. The van der Waals surface area contributed by atoms with Crippen molar-refractivity contribution in [2.75, 3.05) is 15.0 Å². The van der Waals surface area contributed by atoms with Crippen LogP contribution in [0.15, 0.2) is 60.8 Å². The minimum absolute atomic E-state index is 0.0215. The summed E-state index contributed by atoms with van der Waals surface area (Å²) >= 11 is 6.44. The highest BCUT2D eigenvalue weighted by Crippen LogP contribution is 2.40. The molecule has 0 bridgehead atoms. The van der Waals surface area contributed by atoms with Gasteiger partial charge in [0.15, 0.2) is 11.6 Å². The number of alkyl halides is 2. The van der Waals surface area contributed by atoms with E-state index in [0.717, 1.165) is 21.3 Å². The van der Waals surface area contributed by atoms with Crippen molar-refractivity contribution in [3.05, 3.63) is 88.6 Å². The lowest BCUT2D eigenvalue weighted by atomic mass is 9.87. The summed E-state index contributed by atoms with van der Waals surface area (Å²) in [6.45, 7) is 1.71. The van der Waals surface area contributed by atoms with E-state index in [2.05, 4.69) is 10.3 Å². The van der Waals surface area contributed by atoms with Crippen LogP contribution in [0.1, 0.15) is 36.4 Å². The maximum absolute atomic E-state index is 14.6. The van der Waals surface area contributed by atoms with Crippen molar-refractivity contribution in [2.45, 2.75) is 50.2 Å².